The van der Waals surface area contributed by atoms with Gasteiger partial charge >= 0.3 is 5.76 Å². The second-order valence-corrected chi connectivity index (χ2v) is 5.33. The van der Waals surface area contributed by atoms with Gasteiger partial charge in [0.25, 0.3) is 11.4 Å². The monoisotopic (exact) mass is 376 g/mol. The van der Waals surface area contributed by atoms with E-state index in [1.807, 2.05) is 0 Å². The first-order valence-electron chi connectivity index (χ1n) is 7.28. The number of nitro groups is 2. The number of hydrogen-bond acceptors (Lipinski definition) is 7. The predicted molar refractivity (Wildman–Crippen MR) is 88.8 cm³/mol. The van der Waals surface area contributed by atoms with E-state index < -0.39 is 45.2 Å². The van der Waals surface area contributed by atoms with Crippen LogP contribution in [0.1, 0.15) is 0 Å². The van der Waals surface area contributed by atoms with Gasteiger partial charge < -0.3 is 9.73 Å². The zero-order valence-corrected chi connectivity index (χ0v) is 13.2. The molecular formula is C15H9FN4O7. The molecular weight excluding hydrogens is 367 g/mol. The van der Waals surface area contributed by atoms with Crippen molar-refractivity contribution >= 4 is 34.1 Å². The first-order valence-corrected chi connectivity index (χ1v) is 7.28. The van der Waals surface area contributed by atoms with Crippen molar-refractivity contribution in [2.45, 2.75) is 6.54 Å². The number of amides is 1. The number of oxazole rings is 1. The minimum atomic E-state index is -0.944. The van der Waals surface area contributed by atoms with Crippen LogP contribution in [0.2, 0.25) is 0 Å². The number of halogens is 1. The van der Waals surface area contributed by atoms with Crippen molar-refractivity contribution in [3.05, 3.63) is 73.0 Å². The molecule has 0 unspecified atom stereocenters. The Morgan fingerprint density at radius 1 is 1.11 bits per heavy atom. The highest BCUT2D eigenvalue weighted by Crippen LogP contribution is 2.22. The van der Waals surface area contributed by atoms with Crippen molar-refractivity contribution in [3.63, 3.8) is 0 Å². The predicted octanol–water partition coefficient (Wildman–Crippen LogP) is 2.19. The Bertz CT molecular complexity index is 1150. The van der Waals surface area contributed by atoms with Crippen LogP contribution in [0.5, 0.6) is 0 Å². The molecule has 0 aliphatic rings. The summed E-state index contributed by atoms with van der Waals surface area (Å²) in [5, 5.41) is 23.7. The van der Waals surface area contributed by atoms with Gasteiger partial charge in [0.2, 0.25) is 5.91 Å². The molecule has 3 rings (SSSR count). The normalized spacial score (nSPS) is 10.7. The van der Waals surface area contributed by atoms with Gasteiger partial charge in [0.05, 0.1) is 21.1 Å². The van der Waals surface area contributed by atoms with E-state index in [1.54, 1.807) is 0 Å². The van der Waals surface area contributed by atoms with Crippen molar-refractivity contribution in [2.24, 2.45) is 0 Å². The highest BCUT2D eigenvalue weighted by Gasteiger charge is 2.18. The van der Waals surface area contributed by atoms with Gasteiger partial charge in [0.15, 0.2) is 5.58 Å². The van der Waals surface area contributed by atoms with Crippen LogP contribution in [-0.2, 0) is 11.3 Å². The molecule has 0 atom stereocenters. The number of aromatic nitrogens is 1. The van der Waals surface area contributed by atoms with Crippen molar-refractivity contribution in [3.8, 4) is 0 Å². The Balaban J connectivity index is 1.90. The summed E-state index contributed by atoms with van der Waals surface area (Å²) in [5.74, 6) is -2.74. The number of anilines is 1. The molecule has 0 saturated carbocycles. The van der Waals surface area contributed by atoms with Gasteiger partial charge in [0, 0.05) is 24.3 Å². The van der Waals surface area contributed by atoms with E-state index in [-0.39, 0.29) is 16.8 Å². The zero-order chi connectivity index (χ0) is 19.7. The van der Waals surface area contributed by atoms with Gasteiger partial charge in [-0.3, -0.25) is 29.6 Å². The fourth-order valence-corrected chi connectivity index (χ4v) is 2.37. The highest BCUT2D eigenvalue weighted by atomic mass is 19.1. The SMILES string of the molecule is O=C(Cn1c(=O)oc2ccc([N+](=O)[O-])cc21)Nc1cc([N+](=O)[O-])ccc1F. The minimum Gasteiger partial charge on any atom is -0.408 e. The number of benzene rings is 2. The van der Waals surface area contributed by atoms with Gasteiger partial charge in [-0.05, 0) is 12.1 Å². The van der Waals surface area contributed by atoms with Gasteiger partial charge in [-0.25, -0.2) is 9.18 Å². The molecule has 11 nitrogen and oxygen atoms in total. The van der Waals surface area contributed by atoms with Crippen LogP contribution < -0.4 is 11.1 Å². The Morgan fingerprint density at radius 2 is 1.74 bits per heavy atom. The maximum Gasteiger partial charge on any atom is 0.420 e. The molecule has 12 heteroatoms. The van der Waals surface area contributed by atoms with E-state index in [1.165, 1.54) is 6.07 Å². The topological polar surface area (TPSA) is 151 Å². The maximum absolute atomic E-state index is 13.7. The van der Waals surface area contributed by atoms with Crippen LogP contribution in [-0.4, -0.2) is 20.3 Å². The third kappa shape index (κ3) is 3.49. The van der Waals surface area contributed by atoms with E-state index in [0.717, 1.165) is 34.9 Å². The molecule has 0 aliphatic carbocycles. The van der Waals surface area contributed by atoms with E-state index in [2.05, 4.69) is 5.32 Å². The number of nitrogens with zero attached hydrogens (tertiary/aromatic N) is 3. The number of carbonyl (C=O) groups excluding carboxylic acids is 1. The summed E-state index contributed by atoms with van der Waals surface area (Å²) in [6, 6.07) is 5.97. The number of nitro benzene ring substituents is 2. The fraction of sp³-hybridized carbons (Fsp3) is 0.0667. The van der Waals surface area contributed by atoms with E-state index in [0.29, 0.717) is 0 Å². The van der Waals surface area contributed by atoms with E-state index in [4.69, 9.17) is 4.42 Å². The lowest BCUT2D eigenvalue weighted by Gasteiger charge is -2.07. The second kappa shape index (κ2) is 6.67. The third-order valence-electron chi connectivity index (χ3n) is 3.60. The van der Waals surface area contributed by atoms with Crippen LogP contribution in [0.15, 0.2) is 45.6 Å². The molecule has 0 spiro atoms. The molecule has 1 aromatic heterocycles. The first-order chi connectivity index (χ1) is 12.8. The summed E-state index contributed by atoms with van der Waals surface area (Å²) >= 11 is 0. The number of rotatable bonds is 5. The number of hydrogen-bond donors (Lipinski definition) is 1. The summed E-state index contributed by atoms with van der Waals surface area (Å²) in [7, 11) is 0. The molecule has 27 heavy (non-hydrogen) atoms. The molecule has 0 aliphatic heterocycles. The number of nitrogens with one attached hydrogen (secondary N) is 1. The van der Waals surface area contributed by atoms with E-state index in [9.17, 15) is 34.2 Å². The third-order valence-corrected chi connectivity index (χ3v) is 3.60. The Labute approximate surface area is 147 Å². The smallest absolute Gasteiger partial charge is 0.408 e. The molecule has 2 aromatic carbocycles. The second-order valence-electron chi connectivity index (χ2n) is 5.33. The first kappa shape index (κ1) is 17.7. The van der Waals surface area contributed by atoms with Crippen molar-refractivity contribution < 1.29 is 23.4 Å². The number of carbonyl (C=O) groups is 1. The average molecular weight is 376 g/mol. The van der Waals surface area contributed by atoms with Gasteiger partial charge in [0.1, 0.15) is 12.4 Å². The molecule has 0 saturated heterocycles. The minimum absolute atomic E-state index is 0.00358. The number of fused-ring (bicyclic) bond motifs is 1. The largest absolute Gasteiger partial charge is 0.420 e. The highest BCUT2D eigenvalue weighted by molar-refractivity contribution is 5.92. The zero-order valence-electron chi connectivity index (χ0n) is 13.2. The molecule has 1 amide bonds. The van der Waals surface area contributed by atoms with Crippen LogP contribution in [0, 0.1) is 26.0 Å². The van der Waals surface area contributed by atoms with Crippen LogP contribution >= 0.6 is 0 Å². The van der Waals surface area contributed by atoms with Crippen molar-refractivity contribution in [1.82, 2.24) is 4.57 Å². The quantitative estimate of drug-likeness (QED) is 0.529. The summed E-state index contributed by atoms with van der Waals surface area (Å²) < 4.78 is 19.5. The van der Waals surface area contributed by atoms with Crippen LogP contribution in [0.25, 0.3) is 11.1 Å². The van der Waals surface area contributed by atoms with Gasteiger partial charge in [-0.1, -0.05) is 0 Å². The fourth-order valence-electron chi connectivity index (χ4n) is 2.37. The van der Waals surface area contributed by atoms with Crippen LogP contribution in [0.3, 0.4) is 0 Å². The van der Waals surface area contributed by atoms with Crippen molar-refractivity contribution in [1.29, 1.82) is 0 Å². The summed E-state index contributed by atoms with van der Waals surface area (Å²) in [4.78, 5) is 44.2. The van der Waals surface area contributed by atoms with Gasteiger partial charge in [-0.2, -0.15) is 0 Å². The molecule has 1 N–H and O–H groups in total. The maximum atomic E-state index is 13.7. The summed E-state index contributed by atoms with van der Waals surface area (Å²) in [6.45, 7) is -0.644. The Morgan fingerprint density at radius 3 is 2.41 bits per heavy atom. The molecule has 1 heterocycles. The van der Waals surface area contributed by atoms with E-state index >= 15 is 0 Å². The molecule has 0 fully saturated rings. The average Bonchev–Trinajstić information content (AvgIpc) is 2.91. The lowest BCUT2D eigenvalue weighted by Crippen LogP contribution is -2.25. The Kier molecular flexibility index (Phi) is 4.38. The van der Waals surface area contributed by atoms with Gasteiger partial charge in [-0.15, -0.1) is 0 Å². The van der Waals surface area contributed by atoms with Crippen molar-refractivity contribution in [2.75, 3.05) is 5.32 Å². The summed E-state index contributed by atoms with van der Waals surface area (Å²) in [5.41, 5.74) is -1.17. The number of non-ortho nitro benzene ring substituents is 2. The lowest BCUT2D eigenvalue weighted by molar-refractivity contribution is -0.385. The molecule has 3 aromatic rings. The molecule has 0 radical (unpaired) electrons. The molecule has 0 bridgehead atoms. The van der Waals surface area contributed by atoms with Crippen LogP contribution in [0.4, 0.5) is 21.5 Å². The lowest BCUT2D eigenvalue weighted by atomic mass is 10.2. The standard InChI is InChI=1S/C15H9FN4O7/c16-10-3-1-8(19(23)24)5-11(10)17-14(21)7-18-12-6-9(20(25)26)2-4-13(12)27-15(18)22/h1-6H,7H2,(H,17,21). The molecule has 138 valence electrons. The Hall–Kier alpha value is -4.09. The summed E-state index contributed by atoms with van der Waals surface area (Å²) in [6.07, 6.45) is 0.